The van der Waals surface area contributed by atoms with Gasteiger partial charge in [0.2, 0.25) is 0 Å². The summed E-state index contributed by atoms with van der Waals surface area (Å²) in [6.45, 7) is 3.83. The van der Waals surface area contributed by atoms with Gasteiger partial charge in [-0.1, -0.05) is 11.6 Å². The van der Waals surface area contributed by atoms with E-state index in [1.165, 1.54) is 0 Å². The molecule has 0 bridgehead atoms. The van der Waals surface area contributed by atoms with Crippen molar-refractivity contribution in [2.45, 2.75) is 13.8 Å². The highest BCUT2D eigenvalue weighted by molar-refractivity contribution is 6.31. The zero-order valence-electron chi connectivity index (χ0n) is 8.50. The van der Waals surface area contributed by atoms with Gasteiger partial charge in [0.05, 0.1) is 17.1 Å². The highest BCUT2D eigenvalue weighted by Crippen LogP contribution is 2.25. The number of fused-ring (bicyclic) bond motifs is 1. The Hall–Kier alpha value is -1.59. The molecule has 2 nitrogen and oxygen atoms in total. The van der Waals surface area contributed by atoms with Crippen LogP contribution in [0, 0.1) is 25.2 Å². The van der Waals surface area contributed by atoms with E-state index >= 15 is 0 Å². The highest BCUT2D eigenvalue weighted by atomic mass is 35.5. The molecule has 2 rings (SSSR count). The largest absolute Gasteiger partial charge is 0.253 e. The maximum atomic E-state index is 9.02. The van der Waals surface area contributed by atoms with Crippen LogP contribution in [0.3, 0.4) is 0 Å². The van der Waals surface area contributed by atoms with Gasteiger partial charge in [-0.15, -0.1) is 0 Å². The molecule has 0 saturated carbocycles. The number of nitrogens with zero attached hydrogens (tertiary/aromatic N) is 2. The van der Waals surface area contributed by atoms with Crippen molar-refractivity contribution in [3.63, 3.8) is 0 Å². The number of aryl methyl sites for hydroxylation is 2. The second-order valence-electron chi connectivity index (χ2n) is 3.54. The molecule has 0 aliphatic rings. The lowest BCUT2D eigenvalue weighted by molar-refractivity contribution is 1.23. The maximum Gasteiger partial charge on any atom is 0.0999 e. The molecule has 0 fully saturated rings. The van der Waals surface area contributed by atoms with Crippen LogP contribution < -0.4 is 0 Å². The Morgan fingerprint density at radius 1 is 1.27 bits per heavy atom. The summed E-state index contributed by atoms with van der Waals surface area (Å²) in [7, 11) is 0. The first-order valence-electron chi connectivity index (χ1n) is 4.59. The number of benzene rings is 1. The number of aromatic nitrogens is 1. The topological polar surface area (TPSA) is 36.7 Å². The molecule has 1 aromatic carbocycles. The molecule has 2 aromatic rings. The van der Waals surface area contributed by atoms with Crippen molar-refractivity contribution >= 4 is 22.5 Å². The van der Waals surface area contributed by atoms with Crippen LogP contribution in [0.4, 0.5) is 0 Å². The molecule has 0 N–H and O–H groups in total. The average Bonchev–Trinajstić information content (AvgIpc) is 2.18. The van der Waals surface area contributed by atoms with Gasteiger partial charge in [0.1, 0.15) is 0 Å². The van der Waals surface area contributed by atoms with E-state index in [0.717, 1.165) is 22.2 Å². The van der Waals surface area contributed by atoms with Gasteiger partial charge < -0.3 is 0 Å². The summed E-state index contributed by atoms with van der Waals surface area (Å²) < 4.78 is 0. The summed E-state index contributed by atoms with van der Waals surface area (Å²) in [5, 5.41) is 10.5. The van der Waals surface area contributed by atoms with Crippen LogP contribution in [0.2, 0.25) is 5.02 Å². The maximum absolute atomic E-state index is 9.02. The normalized spacial score (nSPS) is 10.3. The van der Waals surface area contributed by atoms with Crippen molar-refractivity contribution in [1.29, 1.82) is 5.26 Å². The first-order chi connectivity index (χ1) is 7.11. The molecule has 0 spiro atoms. The molecule has 0 atom stereocenters. The Morgan fingerprint density at radius 2 is 2.00 bits per heavy atom. The van der Waals surface area contributed by atoms with E-state index in [1.807, 2.05) is 19.9 Å². The average molecular weight is 217 g/mol. The van der Waals surface area contributed by atoms with E-state index in [9.17, 15) is 0 Å². The first-order valence-corrected chi connectivity index (χ1v) is 4.97. The summed E-state index contributed by atoms with van der Waals surface area (Å²) in [6, 6.07) is 7.59. The minimum absolute atomic E-state index is 0.628. The lowest BCUT2D eigenvalue weighted by atomic mass is 10.1. The molecule has 0 unspecified atom stereocenters. The van der Waals surface area contributed by atoms with E-state index in [0.29, 0.717) is 10.6 Å². The molecular weight excluding hydrogens is 208 g/mol. The predicted octanol–water partition coefficient (Wildman–Crippen LogP) is 3.38. The zero-order chi connectivity index (χ0) is 11.0. The minimum Gasteiger partial charge on any atom is -0.253 e. The standard InChI is InChI=1S/C12H9ClN2/c1-7-3-10(13)5-11-9(6-14)4-8(2)15-12(7)11/h3-5H,1-2H3. The number of halogens is 1. The summed E-state index contributed by atoms with van der Waals surface area (Å²) in [5.74, 6) is 0. The second-order valence-corrected chi connectivity index (χ2v) is 3.98. The van der Waals surface area contributed by atoms with Crippen molar-refractivity contribution in [2.75, 3.05) is 0 Å². The van der Waals surface area contributed by atoms with Crippen LogP contribution in [-0.2, 0) is 0 Å². The number of rotatable bonds is 0. The van der Waals surface area contributed by atoms with Crippen LogP contribution in [0.25, 0.3) is 10.9 Å². The van der Waals surface area contributed by atoms with E-state index < -0.39 is 0 Å². The van der Waals surface area contributed by atoms with E-state index in [2.05, 4.69) is 11.1 Å². The smallest absolute Gasteiger partial charge is 0.0999 e. The number of hydrogen-bond acceptors (Lipinski definition) is 2. The Balaban J connectivity index is 2.98. The molecule has 0 radical (unpaired) electrons. The van der Waals surface area contributed by atoms with E-state index in [4.69, 9.17) is 16.9 Å². The summed E-state index contributed by atoms with van der Waals surface area (Å²) in [6.07, 6.45) is 0. The Bertz CT molecular complexity index is 582. The third-order valence-electron chi connectivity index (χ3n) is 2.32. The molecule has 0 aliphatic heterocycles. The summed E-state index contributed by atoms with van der Waals surface area (Å²) in [4.78, 5) is 4.42. The van der Waals surface area contributed by atoms with Gasteiger partial charge in [-0.25, -0.2) is 0 Å². The number of pyridine rings is 1. The molecule has 1 heterocycles. The SMILES string of the molecule is Cc1cc(C#N)c2cc(Cl)cc(C)c2n1. The van der Waals surface area contributed by atoms with Crippen molar-refractivity contribution in [3.05, 3.63) is 40.0 Å². The molecule has 0 aliphatic carbocycles. The Kier molecular flexibility index (Phi) is 2.34. The second kappa shape index (κ2) is 3.52. The first kappa shape index (κ1) is 9.95. The molecular formula is C12H9ClN2. The van der Waals surface area contributed by atoms with Gasteiger partial charge in [-0.05, 0) is 37.6 Å². The van der Waals surface area contributed by atoms with E-state index in [1.54, 1.807) is 12.1 Å². The van der Waals surface area contributed by atoms with Gasteiger partial charge in [-0.3, -0.25) is 4.98 Å². The van der Waals surface area contributed by atoms with Gasteiger partial charge in [0.15, 0.2) is 0 Å². The van der Waals surface area contributed by atoms with Crippen molar-refractivity contribution in [2.24, 2.45) is 0 Å². The predicted molar refractivity (Wildman–Crippen MR) is 60.9 cm³/mol. The Morgan fingerprint density at radius 3 is 2.67 bits per heavy atom. The third-order valence-corrected chi connectivity index (χ3v) is 2.54. The summed E-state index contributed by atoms with van der Waals surface area (Å²) in [5.41, 5.74) is 3.33. The fraction of sp³-hybridized carbons (Fsp3) is 0.167. The van der Waals surface area contributed by atoms with Crippen LogP contribution >= 0.6 is 11.6 Å². The lowest BCUT2D eigenvalue weighted by Crippen LogP contribution is -1.90. The van der Waals surface area contributed by atoms with Crippen LogP contribution in [0.1, 0.15) is 16.8 Å². The quantitative estimate of drug-likeness (QED) is 0.677. The molecule has 0 amide bonds. The van der Waals surface area contributed by atoms with E-state index in [-0.39, 0.29) is 0 Å². The fourth-order valence-corrected chi connectivity index (χ4v) is 1.95. The molecule has 3 heteroatoms. The zero-order valence-corrected chi connectivity index (χ0v) is 9.26. The minimum atomic E-state index is 0.628. The molecule has 15 heavy (non-hydrogen) atoms. The van der Waals surface area contributed by atoms with Gasteiger partial charge in [-0.2, -0.15) is 5.26 Å². The lowest BCUT2D eigenvalue weighted by Gasteiger charge is -2.05. The van der Waals surface area contributed by atoms with Crippen LogP contribution in [0.15, 0.2) is 18.2 Å². The third kappa shape index (κ3) is 1.67. The van der Waals surface area contributed by atoms with Crippen LogP contribution in [0.5, 0.6) is 0 Å². The van der Waals surface area contributed by atoms with Gasteiger partial charge >= 0.3 is 0 Å². The number of nitriles is 1. The molecule has 0 saturated heterocycles. The monoisotopic (exact) mass is 216 g/mol. The van der Waals surface area contributed by atoms with Crippen molar-refractivity contribution < 1.29 is 0 Å². The van der Waals surface area contributed by atoms with Gasteiger partial charge in [0, 0.05) is 16.1 Å². The Labute approximate surface area is 93.1 Å². The fourth-order valence-electron chi connectivity index (χ4n) is 1.68. The van der Waals surface area contributed by atoms with Crippen molar-refractivity contribution in [1.82, 2.24) is 4.98 Å². The highest BCUT2D eigenvalue weighted by Gasteiger charge is 2.06. The number of hydrogen-bond donors (Lipinski definition) is 0. The van der Waals surface area contributed by atoms with Crippen LogP contribution in [-0.4, -0.2) is 4.98 Å². The van der Waals surface area contributed by atoms with Crippen molar-refractivity contribution in [3.8, 4) is 6.07 Å². The summed E-state index contributed by atoms with van der Waals surface area (Å²) >= 11 is 5.96. The van der Waals surface area contributed by atoms with Gasteiger partial charge in [0.25, 0.3) is 0 Å². The molecule has 74 valence electrons. The molecule has 1 aromatic heterocycles.